The zero-order valence-electron chi connectivity index (χ0n) is 14.7. The summed E-state index contributed by atoms with van der Waals surface area (Å²) < 4.78 is 2.18. The molecule has 6 nitrogen and oxygen atoms in total. The molecule has 0 aliphatic carbocycles. The number of nitrogens with zero attached hydrogens (tertiary/aromatic N) is 3. The van der Waals surface area contributed by atoms with Crippen molar-refractivity contribution in [2.75, 3.05) is 31.1 Å². The average molecular weight is 377 g/mol. The van der Waals surface area contributed by atoms with E-state index >= 15 is 0 Å². The molecule has 4 aromatic rings. The van der Waals surface area contributed by atoms with Crippen LogP contribution < -0.4 is 15.8 Å². The van der Waals surface area contributed by atoms with Gasteiger partial charge in [0.1, 0.15) is 5.52 Å². The maximum Gasteiger partial charge on any atom is 0.248 e. The Bertz CT molecular complexity index is 1180. The molecule has 0 atom stereocenters. The summed E-state index contributed by atoms with van der Waals surface area (Å²) in [6.45, 7) is 3.94. The number of hydrogen-bond acceptors (Lipinski definition) is 5. The van der Waals surface area contributed by atoms with E-state index in [0.717, 1.165) is 53.0 Å². The Kier molecular flexibility index (Phi) is 4.10. The quantitative estimate of drug-likeness (QED) is 0.575. The largest absolute Gasteiger partial charge is 0.366 e. The van der Waals surface area contributed by atoms with Crippen LogP contribution in [0.25, 0.3) is 21.9 Å². The Morgan fingerprint density at radius 2 is 1.93 bits per heavy atom. The Morgan fingerprint density at radius 3 is 2.81 bits per heavy atom. The molecule has 7 heteroatoms. The van der Waals surface area contributed by atoms with Crippen LogP contribution >= 0.6 is 11.9 Å². The van der Waals surface area contributed by atoms with E-state index in [-0.39, 0.29) is 5.56 Å². The van der Waals surface area contributed by atoms with Gasteiger partial charge in [-0.25, -0.2) is 0 Å². The van der Waals surface area contributed by atoms with Crippen molar-refractivity contribution >= 4 is 39.6 Å². The summed E-state index contributed by atoms with van der Waals surface area (Å²) in [6.07, 6.45) is 4.03. The fourth-order valence-corrected chi connectivity index (χ4v) is 4.60. The van der Waals surface area contributed by atoms with Crippen LogP contribution in [0.3, 0.4) is 0 Å². The maximum atomic E-state index is 11.6. The lowest BCUT2D eigenvalue weighted by molar-refractivity contribution is 0.590. The Hall–Kier alpha value is -2.77. The molecule has 2 N–H and O–H groups in total. The summed E-state index contributed by atoms with van der Waals surface area (Å²) >= 11 is 1.65. The molecule has 27 heavy (non-hydrogen) atoms. The highest BCUT2D eigenvalue weighted by atomic mass is 32.2. The van der Waals surface area contributed by atoms with Crippen LogP contribution in [0.1, 0.15) is 0 Å². The number of nitrogens with one attached hydrogen (secondary N) is 2. The van der Waals surface area contributed by atoms with Crippen molar-refractivity contribution in [3.8, 4) is 0 Å². The first-order chi connectivity index (χ1) is 13.3. The van der Waals surface area contributed by atoms with Gasteiger partial charge < -0.3 is 15.2 Å². The summed E-state index contributed by atoms with van der Waals surface area (Å²) in [5, 5.41) is 4.44. The smallest absolute Gasteiger partial charge is 0.248 e. The molecule has 1 aromatic carbocycles. The van der Waals surface area contributed by atoms with E-state index in [2.05, 4.69) is 42.5 Å². The molecule has 5 rings (SSSR count). The molecule has 0 radical (unpaired) electrons. The third-order valence-electron chi connectivity index (χ3n) is 4.89. The van der Waals surface area contributed by atoms with Gasteiger partial charge in [-0.1, -0.05) is 6.07 Å². The first-order valence-electron chi connectivity index (χ1n) is 9.02. The number of hydrogen-bond donors (Lipinski definition) is 2. The number of piperazine rings is 1. The van der Waals surface area contributed by atoms with Gasteiger partial charge in [-0.2, -0.15) is 0 Å². The van der Waals surface area contributed by atoms with Gasteiger partial charge in [0, 0.05) is 60.4 Å². The lowest BCUT2D eigenvalue weighted by Crippen LogP contribution is -2.43. The van der Waals surface area contributed by atoms with E-state index < -0.39 is 0 Å². The van der Waals surface area contributed by atoms with Crippen LogP contribution in [0.2, 0.25) is 0 Å². The summed E-state index contributed by atoms with van der Waals surface area (Å²) in [7, 11) is 0. The Morgan fingerprint density at radius 1 is 1.04 bits per heavy atom. The van der Waals surface area contributed by atoms with Gasteiger partial charge in [0.15, 0.2) is 0 Å². The third kappa shape index (κ3) is 2.98. The number of anilines is 1. The standard InChI is InChI=1S/C20H19N5OS/c26-19-7-6-14-15(23-19)3-1-5-18(14)27-25-13-17(24-11-9-21-10-12-24)20-16(25)4-2-8-22-20/h1-8,13,21H,9-12H2,(H,23,26). The van der Waals surface area contributed by atoms with Gasteiger partial charge in [-0.05, 0) is 42.3 Å². The fraction of sp³-hybridized carbons (Fsp3) is 0.200. The molecule has 1 aliphatic heterocycles. The summed E-state index contributed by atoms with van der Waals surface area (Å²) in [4.78, 5) is 22.7. The lowest BCUT2D eigenvalue weighted by atomic mass is 10.2. The molecule has 0 amide bonds. The second-order valence-electron chi connectivity index (χ2n) is 6.58. The normalized spacial score (nSPS) is 14.9. The first kappa shape index (κ1) is 16.4. The number of aromatic nitrogens is 3. The molecule has 0 spiro atoms. The maximum absolute atomic E-state index is 11.6. The van der Waals surface area contributed by atoms with Gasteiger partial charge in [-0.15, -0.1) is 0 Å². The molecule has 1 fully saturated rings. The fourth-order valence-electron chi connectivity index (χ4n) is 3.57. The molecule has 3 aromatic heterocycles. The van der Waals surface area contributed by atoms with Crippen molar-refractivity contribution in [1.82, 2.24) is 19.3 Å². The van der Waals surface area contributed by atoms with E-state index in [1.807, 2.05) is 30.5 Å². The van der Waals surface area contributed by atoms with Gasteiger partial charge in [0.25, 0.3) is 0 Å². The predicted octanol–water partition coefficient (Wildman–Crippen LogP) is 2.84. The number of aromatic amines is 1. The van der Waals surface area contributed by atoms with E-state index in [0.29, 0.717) is 0 Å². The van der Waals surface area contributed by atoms with Gasteiger partial charge in [0.05, 0.1) is 11.2 Å². The summed E-state index contributed by atoms with van der Waals surface area (Å²) in [6, 6.07) is 13.5. The highest BCUT2D eigenvalue weighted by molar-refractivity contribution is 7.98. The minimum absolute atomic E-state index is 0.0822. The Labute approximate surface area is 160 Å². The highest BCUT2D eigenvalue weighted by Gasteiger charge is 2.18. The SMILES string of the molecule is O=c1ccc2c(Sn3cc(N4CCNCC4)c4ncccc43)cccc2[nH]1. The molecular weight excluding hydrogens is 358 g/mol. The van der Waals surface area contributed by atoms with Crippen molar-refractivity contribution in [3.05, 3.63) is 65.2 Å². The van der Waals surface area contributed by atoms with Crippen LogP contribution in [-0.4, -0.2) is 40.1 Å². The monoisotopic (exact) mass is 377 g/mol. The second-order valence-corrected chi connectivity index (χ2v) is 7.60. The van der Waals surface area contributed by atoms with Crippen LogP contribution in [-0.2, 0) is 0 Å². The lowest BCUT2D eigenvalue weighted by Gasteiger charge is -2.28. The van der Waals surface area contributed by atoms with Crippen molar-refractivity contribution in [2.24, 2.45) is 0 Å². The van der Waals surface area contributed by atoms with E-state index in [9.17, 15) is 4.79 Å². The van der Waals surface area contributed by atoms with Crippen molar-refractivity contribution in [1.29, 1.82) is 0 Å². The zero-order chi connectivity index (χ0) is 18.2. The van der Waals surface area contributed by atoms with Gasteiger partial charge in [0.2, 0.25) is 5.56 Å². The van der Waals surface area contributed by atoms with Gasteiger partial charge in [-0.3, -0.25) is 13.8 Å². The van der Waals surface area contributed by atoms with Crippen molar-refractivity contribution in [2.45, 2.75) is 4.90 Å². The number of fused-ring (bicyclic) bond motifs is 2. The molecule has 0 bridgehead atoms. The van der Waals surface area contributed by atoms with E-state index in [4.69, 9.17) is 0 Å². The zero-order valence-corrected chi connectivity index (χ0v) is 15.5. The Balaban J connectivity index is 1.61. The molecule has 0 saturated carbocycles. The predicted molar refractivity (Wildman–Crippen MR) is 111 cm³/mol. The average Bonchev–Trinajstić information content (AvgIpc) is 3.07. The van der Waals surface area contributed by atoms with Crippen LogP contribution in [0.4, 0.5) is 5.69 Å². The third-order valence-corrected chi connectivity index (χ3v) is 5.94. The minimum atomic E-state index is -0.0822. The number of pyridine rings is 2. The van der Waals surface area contributed by atoms with E-state index in [1.54, 1.807) is 18.0 Å². The highest BCUT2D eigenvalue weighted by Crippen LogP contribution is 2.35. The molecular formula is C20H19N5OS. The van der Waals surface area contributed by atoms with Gasteiger partial charge >= 0.3 is 0 Å². The van der Waals surface area contributed by atoms with Crippen LogP contribution in [0.15, 0.2) is 64.5 Å². The molecule has 1 saturated heterocycles. The molecule has 0 unspecified atom stereocenters. The molecule has 136 valence electrons. The number of rotatable bonds is 3. The number of H-pyrrole nitrogens is 1. The topological polar surface area (TPSA) is 66.0 Å². The number of benzene rings is 1. The minimum Gasteiger partial charge on any atom is -0.366 e. The molecule has 1 aliphatic rings. The second kappa shape index (κ2) is 6.75. The van der Waals surface area contributed by atoms with Crippen LogP contribution in [0.5, 0.6) is 0 Å². The molecule has 4 heterocycles. The van der Waals surface area contributed by atoms with Crippen LogP contribution in [0, 0.1) is 0 Å². The summed E-state index contributed by atoms with van der Waals surface area (Å²) in [5.74, 6) is 0. The van der Waals surface area contributed by atoms with Crippen molar-refractivity contribution < 1.29 is 0 Å². The summed E-state index contributed by atoms with van der Waals surface area (Å²) in [5.41, 5.74) is 4.07. The first-order valence-corrected chi connectivity index (χ1v) is 9.79. The van der Waals surface area contributed by atoms with E-state index in [1.165, 1.54) is 5.69 Å². The van der Waals surface area contributed by atoms with Crippen molar-refractivity contribution in [3.63, 3.8) is 0 Å².